The molecule has 0 saturated carbocycles. The SMILES string of the molecule is CN1CCC(C(CO)c2cccc(Cl)c2)CC1. The van der Waals surface area contributed by atoms with Gasteiger partial charge in [0.2, 0.25) is 0 Å². The van der Waals surface area contributed by atoms with Gasteiger partial charge in [-0.25, -0.2) is 0 Å². The van der Waals surface area contributed by atoms with Gasteiger partial charge < -0.3 is 10.0 Å². The average molecular weight is 254 g/mol. The zero-order valence-electron chi connectivity index (χ0n) is 10.3. The number of halogens is 1. The third-order valence-corrected chi connectivity index (χ3v) is 4.04. The lowest BCUT2D eigenvalue weighted by molar-refractivity contribution is 0.156. The predicted molar refractivity (Wildman–Crippen MR) is 71.5 cm³/mol. The van der Waals surface area contributed by atoms with E-state index in [9.17, 15) is 5.11 Å². The highest BCUT2D eigenvalue weighted by atomic mass is 35.5. The smallest absolute Gasteiger partial charge is 0.0502 e. The number of hydrogen-bond acceptors (Lipinski definition) is 2. The molecule has 2 rings (SSSR count). The molecule has 1 fully saturated rings. The van der Waals surface area contributed by atoms with Gasteiger partial charge in [0.1, 0.15) is 0 Å². The Morgan fingerprint density at radius 2 is 2.12 bits per heavy atom. The number of nitrogens with zero attached hydrogens (tertiary/aromatic N) is 1. The number of rotatable bonds is 3. The lowest BCUT2D eigenvalue weighted by Crippen LogP contribution is -2.33. The minimum atomic E-state index is 0.217. The number of aliphatic hydroxyl groups excluding tert-OH is 1. The normalized spacial score (nSPS) is 20.4. The van der Waals surface area contributed by atoms with Crippen LogP contribution in [0.4, 0.5) is 0 Å². The maximum absolute atomic E-state index is 9.63. The molecule has 2 nitrogen and oxygen atoms in total. The summed E-state index contributed by atoms with van der Waals surface area (Å²) in [4.78, 5) is 2.35. The number of hydrogen-bond donors (Lipinski definition) is 1. The highest BCUT2D eigenvalue weighted by Gasteiger charge is 2.26. The molecule has 1 unspecified atom stereocenters. The molecule has 17 heavy (non-hydrogen) atoms. The molecule has 0 amide bonds. The van der Waals surface area contributed by atoms with Gasteiger partial charge in [0, 0.05) is 10.9 Å². The van der Waals surface area contributed by atoms with Crippen molar-refractivity contribution in [1.82, 2.24) is 4.90 Å². The van der Waals surface area contributed by atoms with E-state index in [4.69, 9.17) is 11.6 Å². The van der Waals surface area contributed by atoms with Crippen LogP contribution in [0.15, 0.2) is 24.3 Å². The van der Waals surface area contributed by atoms with Gasteiger partial charge in [-0.1, -0.05) is 23.7 Å². The number of aliphatic hydroxyl groups is 1. The van der Waals surface area contributed by atoms with Crippen molar-refractivity contribution in [3.63, 3.8) is 0 Å². The molecule has 1 atom stereocenters. The van der Waals surface area contributed by atoms with E-state index in [-0.39, 0.29) is 12.5 Å². The van der Waals surface area contributed by atoms with Crippen LogP contribution in [-0.2, 0) is 0 Å². The molecule has 1 N–H and O–H groups in total. The van der Waals surface area contributed by atoms with Crippen LogP contribution in [0.3, 0.4) is 0 Å². The topological polar surface area (TPSA) is 23.5 Å². The van der Waals surface area contributed by atoms with Crippen molar-refractivity contribution in [2.45, 2.75) is 18.8 Å². The van der Waals surface area contributed by atoms with E-state index in [0.29, 0.717) is 5.92 Å². The molecular weight excluding hydrogens is 234 g/mol. The van der Waals surface area contributed by atoms with E-state index in [1.807, 2.05) is 18.2 Å². The maximum Gasteiger partial charge on any atom is 0.0502 e. The molecule has 0 aliphatic carbocycles. The maximum atomic E-state index is 9.63. The summed E-state index contributed by atoms with van der Waals surface area (Å²) in [6.07, 6.45) is 2.32. The Bertz CT molecular complexity index is 361. The van der Waals surface area contributed by atoms with E-state index >= 15 is 0 Å². The molecule has 0 radical (unpaired) electrons. The van der Waals surface area contributed by atoms with Crippen molar-refractivity contribution in [2.24, 2.45) is 5.92 Å². The van der Waals surface area contributed by atoms with Crippen molar-refractivity contribution in [3.05, 3.63) is 34.9 Å². The first-order valence-electron chi connectivity index (χ1n) is 6.25. The summed E-state index contributed by atoms with van der Waals surface area (Å²) < 4.78 is 0. The van der Waals surface area contributed by atoms with Crippen LogP contribution in [0.25, 0.3) is 0 Å². The van der Waals surface area contributed by atoms with Crippen molar-refractivity contribution in [3.8, 4) is 0 Å². The van der Waals surface area contributed by atoms with Crippen molar-refractivity contribution < 1.29 is 5.11 Å². The monoisotopic (exact) mass is 253 g/mol. The van der Waals surface area contributed by atoms with Crippen LogP contribution in [0.1, 0.15) is 24.3 Å². The molecule has 1 saturated heterocycles. The number of benzene rings is 1. The summed E-state index contributed by atoms with van der Waals surface area (Å²) in [5.41, 5.74) is 1.18. The second-order valence-corrected chi connectivity index (χ2v) is 5.42. The molecule has 1 heterocycles. The summed E-state index contributed by atoms with van der Waals surface area (Å²) in [6.45, 7) is 2.47. The van der Waals surface area contributed by atoms with Gasteiger partial charge in [0.05, 0.1) is 6.61 Å². The predicted octanol–water partition coefficient (Wildman–Crippen LogP) is 2.76. The Morgan fingerprint density at radius 1 is 1.41 bits per heavy atom. The zero-order valence-corrected chi connectivity index (χ0v) is 11.0. The fraction of sp³-hybridized carbons (Fsp3) is 0.571. The standard InChI is InChI=1S/C14H20ClNO/c1-16-7-5-11(6-8-16)14(10-17)12-3-2-4-13(15)9-12/h2-4,9,11,14,17H,5-8,10H2,1H3. The second kappa shape index (κ2) is 5.85. The fourth-order valence-electron chi connectivity index (χ4n) is 2.69. The molecule has 1 aliphatic heterocycles. The Hall–Kier alpha value is -0.570. The van der Waals surface area contributed by atoms with E-state index in [1.165, 1.54) is 5.56 Å². The van der Waals surface area contributed by atoms with Crippen LogP contribution in [0, 0.1) is 5.92 Å². The first kappa shape index (κ1) is 12.9. The lowest BCUT2D eigenvalue weighted by Gasteiger charge is -2.33. The van der Waals surface area contributed by atoms with Crippen LogP contribution < -0.4 is 0 Å². The summed E-state index contributed by atoms with van der Waals surface area (Å²) >= 11 is 6.02. The van der Waals surface area contributed by atoms with Crippen molar-refractivity contribution >= 4 is 11.6 Å². The van der Waals surface area contributed by atoms with Gasteiger partial charge in [-0.05, 0) is 56.6 Å². The molecule has 94 valence electrons. The molecule has 0 spiro atoms. The Labute approximate surface area is 108 Å². The van der Waals surface area contributed by atoms with Gasteiger partial charge in [-0.3, -0.25) is 0 Å². The van der Waals surface area contributed by atoms with Gasteiger partial charge in [0.25, 0.3) is 0 Å². The quantitative estimate of drug-likeness (QED) is 0.896. The van der Waals surface area contributed by atoms with Crippen molar-refractivity contribution in [1.29, 1.82) is 0 Å². The van der Waals surface area contributed by atoms with Gasteiger partial charge in [-0.2, -0.15) is 0 Å². The fourth-order valence-corrected chi connectivity index (χ4v) is 2.89. The molecular formula is C14H20ClNO. The van der Waals surface area contributed by atoms with Crippen LogP contribution in [0.2, 0.25) is 5.02 Å². The Balaban J connectivity index is 2.10. The van der Waals surface area contributed by atoms with Crippen molar-refractivity contribution in [2.75, 3.05) is 26.7 Å². The second-order valence-electron chi connectivity index (χ2n) is 4.98. The summed E-state index contributed by atoms with van der Waals surface area (Å²) in [6, 6.07) is 7.91. The van der Waals surface area contributed by atoms with E-state index in [0.717, 1.165) is 31.0 Å². The third kappa shape index (κ3) is 3.21. The summed E-state index contributed by atoms with van der Waals surface area (Å²) in [5, 5.41) is 10.4. The first-order chi connectivity index (χ1) is 8.20. The largest absolute Gasteiger partial charge is 0.396 e. The molecule has 0 aromatic heterocycles. The van der Waals surface area contributed by atoms with Crippen LogP contribution >= 0.6 is 11.6 Å². The van der Waals surface area contributed by atoms with E-state index < -0.39 is 0 Å². The molecule has 1 aromatic carbocycles. The lowest BCUT2D eigenvalue weighted by atomic mass is 9.80. The Morgan fingerprint density at radius 3 is 2.71 bits per heavy atom. The molecule has 3 heteroatoms. The highest BCUT2D eigenvalue weighted by molar-refractivity contribution is 6.30. The summed E-state index contributed by atoms with van der Waals surface area (Å²) in [7, 11) is 2.16. The summed E-state index contributed by atoms with van der Waals surface area (Å²) in [5.74, 6) is 0.817. The minimum absolute atomic E-state index is 0.217. The van der Waals surface area contributed by atoms with Gasteiger partial charge >= 0.3 is 0 Å². The van der Waals surface area contributed by atoms with E-state index in [1.54, 1.807) is 0 Å². The zero-order chi connectivity index (χ0) is 12.3. The molecule has 0 bridgehead atoms. The van der Waals surface area contributed by atoms with Crippen LogP contribution in [0.5, 0.6) is 0 Å². The molecule has 1 aliphatic rings. The Kier molecular flexibility index (Phi) is 4.43. The molecule has 1 aromatic rings. The van der Waals surface area contributed by atoms with Crippen LogP contribution in [-0.4, -0.2) is 36.8 Å². The van der Waals surface area contributed by atoms with Gasteiger partial charge in [0.15, 0.2) is 0 Å². The minimum Gasteiger partial charge on any atom is -0.396 e. The van der Waals surface area contributed by atoms with Gasteiger partial charge in [-0.15, -0.1) is 0 Å². The number of piperidine rings is 1. The number of likely N-dealkylation sites (tertiary alicyclic amines) is 1. The van der Waals surface area contributed by atoms with E-state index in [2.05, 4.69) is 18.0 Å². The first-order valence-corrected chi connectivity index (χ1v) is 6.63. The third-order valence-electron chi connectivity index (χ3n) is 3.81. The highest BCUT2D eigenvalue weighted by Crippen LogP contribution is 2.33. The average Bonchev–Trinajstić information content (AvgIpc) is 2.33.